The molecule has 4 heteroatoms. The van der Waals surface area contributed by atoms with Crippen molar-refractivity contribution >= 4 is 11.8 Å². The van der Waals surface area contributed by atoms with Crippen LogP contribution < -0.4 is 0 Å². The molecule has 12 heavy (non-hydrogen) atoms. The van der Waals surface area contributed by atoms with E-state index in [0.717, 1.165) is 12.1 Å². The van der Waals surface area contributed by atoms with Crippen LogP contribution in [0.1, 0.15) is 5.56 Å². The highest BCUT2D eigenvalue weighted by Crippen LogP contribution is 2.26. The van der Waals surface area contributed by atoms with Gasteiger partial charge >= 0.3 is 0 Å². The van der Waals surface area contributed by atoms with E-state index in [2.05, 4.69) is 4.99 Å². The third kappa shape index (κ3) is 1.49. The van der Waals surface area contributed by atoms with Gasteiger partial charge in [-0.15, -0.1) is 0 Å². The molecule has 0 saturated heterocycles. The lowest BCUT2D eigenvalue weighted by atomic mass is 10.2. The average molecular weight is 167 g/mol. The maximum absolute atomic E-state index is 12.6. The van der Waals surface area contributed by atoms with Crippen molar-refractivity contribution < 1.29 is 14.3 Å². The third-order valence-electron chi connectivity index (χ3n) is 1.43. The number of halogens is 1. The Bertz CT molecular complexity index is 356. The Labute approximate surface area is 68.2 Å². The molecule has 0 saturated carbocycles. The predicted molar refractivity (Wildman–Crippen MR) is 40.6 cm³/mol. The molecular formula is C8H6FNO2. The van der Waals surface area contributed by atoms with Crippen molar-refractivity contribution in [3.05, 3.63) is 23.5 Å². The summed E-state index contributed by atoms with van der Waals surface area (Å²) in [6.45, 7) is 1.58. The highest BCUT2D eigenvalue weighted by Gasteiger charge is 2.04. The van der Waals surface area contributed by atoms with E-state index in [9.17, 15) is 9.18 Å². The largest absolute Gasteiger partial charge is 0.505 e. The minimum absolute atomic E-state index is 0.226. The maximum Gasteiger partial charge on any atom is 0.240 e. The summed E-state index contributed by atoms with van der Waals surface area (Å²) in [5, 5.41) is 8.89. The molecule has 3 nitrogen and oxygen atoms in total. The molecule has 1 aromatic rings. The number of rotatable bonds is 1. The van der Waals surface area contributed by atoms with E-state index in [4.69, 9.17) is 5.11 Å². The molecule has 0 aliphatic carbocycles. The summed E-state index contributed by atoms with van der Waals surface area (Å²) in [5.41, 5.74) is 0.706. The van der Waals surface area contributed by atoms with Crippen molar-refractivity contribution in [3.8, 4) is 5.75 Å². The third-order valence-corrected chi connectivity index (χ3v) is 1.43. The Morgan fingerprint density at radius 3 is 2.83 bits per heavy atom. The number of phenolic OH excluding ortho intramolecular Hbond substituents is 1. The van der Waals surface area contributed by atoms with Gasteiger partial charge in [-0.1, -0.05) is 0 Å². The monoisotopic (exact) mass is 167 g/mol. The second-order valence-corrected chi connectivity index (χ2v) is 2.29. The number of aliphatic imine (C=N–C) groups is 1. The molecule has 0 fully saturated rings. The average Bonchev–Trinajstić information content (AvgIpc) is 2.01. The molecule has 0 bridgehead atoms. The number of hydrogen-bond acceptors (Lipinski definition) is 3. The van der Waals surface area contributed by atoms with Gasteiger partial charge in [0.15, 0.2) is 11.6 Å². The fourth-order valence-corrected chi connectivity index (χ4v) is 0.820. The molecule has 1 aromatic carbocycles. The van der Waals surface area contributed by atoms with Crippen molar-refractivity contribution in [1.29, 1.82) is 0 Å². The van der Waals surface area contributed by atoms with Gasteiger partial charge in [-0.25, -0.2) is 9.18 Å². The van der Waals surface area contributed by atoms with E-state index in [-0.39, 0.29) is 5.69 Å². The molecule has 0 atom stereocenters. The molecule has 1 N–H and O–H groups in total. The van der Waals surface area contributed by atoms with Gasteiger partial charge in [0, 0.05) is 6.07 Å². The van der Waals surface area contributed by atoms with E-state index in [1.54, 1.807) is 6.92 Å². The van der Waals surface area contributed by atoms with Crippen molar-refractivity contribution in [2.45, 2.75) is 6.92 Å². The van der Waals surface area contributed by atoms with Gasteiger partial charge in [0.05, 0.1) is 5.69 Å². The Morgan fingerprint density at radius 2 is 2.25 bits per heavy atom. The number of carbonyl (C=O) groups excluding carboxylic acids is 1. The molecule has 0 aromatic heterocycles. The van der Waals surface area contributed by atoms with Gasteiger partial charge < -0.3 is 5.11 Å². The van der Waals surface area contributed by atoms with Gasteiger partial charge in [0.25, 0.3) is 0 Å². The molecule has 0 amide bonds. The van der Waals surface area contributed by atoms with Crippen LogP contribution in [0.4, 0.5) is 10.1 Å². The van der Waals surface area contributed by atoms with Crippen LogP contribution in [0.5, 0.6) is 5.75 Å². The first-order valence-electron chi connectivity index (χ1n) is 3.22. The van der Waals surface area contributed by atoms with Crippen molar-refractivity contribution in [2.75, 3.05) is 0 Å². The Balaban J connectivity index is 3.32. The Morgan fingerprint density at radius 1 is 1.58 bits per heavy atom. The van der Waals surface area contributed by atoms with Gasteiger partial charge in [0.2, 0.25) is 6.08 Å². The topological polar surface area (TPSA) is 49.7 Å². The molecule has 1 rings (SSSR count). The predicted octanol–water partition coefficient (Wildman–Crippen LogP) is 1.81. The standard InChI is InChI=1S/C8H6FNO2/c1-5-2-6(9)8(12)3-7(5)10-4-11/h2-3,12H,1H3. The number of hydrogen-bond donors (Lipinski definition) is 1. The fraction of sp³-hybridized carbons (Fsp3) is 0.125. The van der Waals surface area contributed by atoms with E-state index < -0.39 is 11.6 Å². The van der Waals surface area contributed by atoms with Crippen molar-refractivity contribution in [1.82, 2.24) is 0 Å². The SMILES string of the molecule is Cc1cc(F)c(O)cc1N=C=O. The Hall–Kier alpha value is -1.67. The number of nitrogens with zero attached hydrogens (tertiary/aromatic N) is 1. The second-order valence-electron chi connectivity index (χ2n) is 2.29. The summed E-state index contributed by atoms with van der Waals surface area (Å²) in [6, 6.07) is 2.18. The van der Waals surface area contributed by atoms with Gasteiger partial charge in [-0.2, -0.15) is 4.99 Å². The molecule has 0 aliphatic rings. The zero-order valence-electron chi connectivity index (χ0n) is 6.34. The highest BCUT2D eigenvalue weighted by atomic mass is 19.1. The number of benzene rings is 1. The van der Waals surface area contributed by atoms with Crippen LogP contribution in [0.25, 0.3) is 0 Å². The second kappa shape index (κ2) is 3.15. The van der Waals surface area contributed by atoms with E-state index in [0.29, 0.717) is 5.56 Å². The zero-order valence-corrected chi connectivity index (χ0v) is 6.34. The molecule has 62 valence electrons. The van der Waals surface area contributed by atoms with E-state index in [1.807, 2.05) is 0 Å². The Kier molecular flexibility index (Phi) is 2.21. The fourth-order valence-electron chi connectivity index (χ4n) is 0.820. The van der Waals surface area contributed by atoms with Gasteiger partial charge in [-0.05, 0) is 18.6 Å². The van der Waals surface area contributed by atoms with Crippen molar-refractivity contribution in [3.63, 3.8) is 0 Å². The van der Waals surface area contributed by atoms with Crippen LogP contribution >= 0.6 is 0 Å². The first-order chi connectivity index (χ1) is 5.65. The lowest BCUT2D eigenvalue weighted by Crippen LogP contribution is -1.79. The molecular weight excluding hydrogens is 161 g/mol. The highest BCUT2D eigenvalue weighted by molar-refractivity contribution is 5.56. The molecule has 0 heterocycles. The van der Waals surface area contributed by atoms with E-state index in [1.165, 1.54) is 6.08 Å². The first-order valence-corrected chi connectivity index (χ1v) is 3.22. The molecule has 0 unspecified atom stereocenters. The van der Waals surface area contributed by atoms with Crippen LogP contribution in [-0.4, -0.2) is 11.2 Å². The van der Waals surface area contributed by atoms with Crippen LogP contribution in [0.3, 0.4) is 0 Å². The van der Waals surface area contributed by atoms with Crippen LogP contribution in [0, 0.1) is 12.7 Å². The van der Waals surface area contributed by atoms with Gasteiger partial charge in [-0.3, -0.25) is 0 Å². The molecule has 0 spiro atoms. The number of isocyanates is 1. The first kappa shape index (κ1) is 8.43. The normalized spacial score (nSPS) is 9.17. The summed E-state index contributed by atoms with van der Waals surface area (Å²) >= 11 is 0. The van der Waals surface area contributed by atoms with Gasteiger partial charge in [0.1, 0.15) is 0 Å². The quantitative estimate of drug-likeness (QED) is 0.512. The number of phenols is 1. The summed E-state index contributed by atoms with van der Waals surface area (Å²) in [4.78, 5) is 13.1. The van der Waals surface area contributed by atoms with E-state index >= 15 is 0 Å². The van der Waals surface area contributed by atoms with Crippen LogP contribution in [-0.2, 0) is 4.79 Å². The number of aryl methyl sites for hydroxylation is 1. The zero-order chi connectivity index (χ0) is 9.14. The van der Waals surface area contributed by atoms with Crippen LogP contribution in [0.2, 0.25) is 0 Å². The van der Waals surface area contributed by atoms with Crippen molar-refractivity contribution in [2.24, 2.45) is 4.99 Å². The lowest BCUT2D eigenvalue weighted by molar-refractivity contribution is 0.432. The summed E-state index contributed by atoms with van der Waals surface area (Å²) in [5.74, 6) is -1.24. The maximum atomic E-state index is 12.6. The van der Waals surface area contributed by atoms with Crippen LogP contribution in [0.15, 0.2) is 17.1 Å². The molecule has 0 aliphatic heterocycles. The lowest BCUT2D eigenvalue weighted by Gasteiger charge is -1.99. The summed E-state index contributed by atoms with van der Waals surface area (Å²) in [7, 11) is 0. The summed E-state index contributed by atoms with van der Waals surface area (Å²) in [6.07, 6.45) is 1.31. The number of aromatic hydroxyl groups is 1. The summed E-state index contributed by atoms with van der Waals surface area (Å²) < 4.78 is 12.6. The smallest absolute Gasteiger partial charge is 0.240 e. The molecule has 0 radical (unpaired) electrons. The minimum Gasteiger partial charge on any atom is -0.505 e. The minimum atomic E-state index is -0.725.